The van der Waals surface area contributed by atoms with Gasteiger partial charge >= 0.3 is 0 Å². The van der Waals surface area contributed by atoms with Crippen LogP contribution in [0.1, 0.15) is 47.6 Å². The van der Waals surface area contributed by atoms with E-state index in [1.165, 1.54) is 40.6 Å². The molecule has 0 saturated carbocycles. The molecule has 2 aliphatic rings. The first kappa shape index (κ1) is 21.4. The fraction of sp³-hybridized carbons (Fsp3) is 0.292. The summed E-state index contributed by atoms with van der Waals surface area (Å²) >= 11 is 1.53. The van der Waals surface area contributed by atoms with E-state index in [2.05, 4.69) is 42.3 Å². The van der Waals surface area contributed by atoms with Gasteiger partial charge in [0.15, 0.2) is 5.78 Å². The first-order valence-electron chi connectivity index (χ1n) is 10.8. The molecule has 1 aromatic heterocycles. The summed E-state index contributed by atoms with van der Waals surface area (Å²) in [5.74, 6) is 1.33. The van der Waals surface area contributed by atoms with Crippen molar-refractivity contribution in [2.24, 2.45) is 0 Å². The molecule has 2 aromatic carbocycles. The molecule has 2 heterocycles. The van der Waals surface area contributed by atoms with Crippen molar-refractivity contribution in [1.82, 2.24) is 14.8 Å². The predicted octanol–water partition coefficient (Wildman–Crippen LogP) is 5.12. The van der Waals surface area contributed by atoms with Crippen LogP contribution >= 0.6 is 11.8 Å². The van der Waals surface area contributed by atoms with Crippen molar-refractivity contribution in [1.29, 1.82) is 0 Å². The number of nitro groups is 1. The highest BCUT2D eigenvalue weighted by Crippen LogP contribution is 2.41. The molecule has 0 bridgehead atoms. The molecule has 8 nitrogen and oxygen atoms in total. The number of Topliss-reactive ketones (excluding diaryl/α,β-unsaturated/α-hetero) is 1. The predicted molar refractivity (Wildman–Crippen MR) is 126 cm³/mol. The quantitative estimate of drug-likeness (QED) is 0.320. The Labute approximate surface area is 195 Å². The summed E-state index contributed by atoms with van der Waals surface area (Å²) in [7, 11) is 0. The Hall–Kier alpha value is -3.46. The molecule has 1 aliphatic heterocycles. The van der Waals surface area contributed by atoms with Gasteiger partial charge in [0.05, 0.1) is 4.92 Å². The lowest BCUT2D eigenvalue weighted by atomic mass is 9.85. The van der Waals surface area contributed by atoms with Gasteiger partial charge in [0, 0.05) is 35.6 Å². The molecule has 1 aliphatic carbocycles. The van der Waals surface area contributed by atoms with E-state index in [1.807, 2.05) is 6.07 Å². The smallest absolute Gasteiger partial charge is 0.269 e. The average Bonchev–Trinajstić information content (AvgIpc) is 3.19. The van der Waals surface area contributed by atoms with Crippen molar-refractivity contribution in [3.8, 4) is 0 Å². The van der Waals surface area contributed by atoms with Gasteiger partial charge in [-0.3, -0.25) is 14.9 Å². The van der Waals surface area contributed by atoms with Gasteiger partial charge in [-0.05, 0) is 43.4 Å². The molecule has 0 fully saturated rings. The number of nitrogens with zero attached hydrogens (tertiary/aromatic N) is 4. The van der Waals surface area contributed by atoms with Crippen LogP contribution in [0, 0.1) is 24.0 Å². The second-order valence-corrected chi connectivity index (χ2v) is 9.37. The van der Waals surface area contributed by atoms with Gasteiger partial charge in [0.25, 0.3) is 5.69 Å². The number of non-ortho nitro benzene ring substituents is 1. The molecular weight excluding hydrogens is 438 g/mol. The number of nitro benzene ring substituents is 1. The van der Waals surface area contributed by atoms with E-state index in [9.17, 15) is 14.9 Å². The number of nitrogens with one attached hydrogen (secondary N) is 1. The molecule has 0 spiro atoms. The molecule has 0 radical (unpaired) electrons. The minimum absolute atomic E-state index is 0.0115. The van der Waals surface area contributed by atoms with Crippen molar-refractivity contribution in [2.45, 2.75) is 50.1 Å². The number of ketones is 1. The molecule has 0 amide bonds. The van der Waals surface area contributed by atoms with Gasteiger partial charge < -0.3 is 5.32 Å². The summed E-state index contributed by atoms with van der Waals surface area (Å²) in [6.45, 7) is 4.17. The zero-order valence-electron chi connectivity index (χ0n) is 18.4. The molecular formula is C24H23N5O3S. The van der Waals surface area contributed by atoms with Crippen molar-refractivity contribution in [2.75, 3.05) is 5.32 Å². The maximum absolute atomic E-state index is 12.9. The van der Waals surface area contributed by atoms with Crippen LogP contribution in [-0.4, -0.2) is 25.5 Å². The largest absolute Gasteiger partial charge is 0.328 e. The van der Waals surface area contributed by atoms with Gasteiger partial charge in [0.2, 0.25) is 11.1 Å². The normalized spacial score (nSPS) is 17.4. The number of hydrogen-bond acceptors (Lipinski definition) is 7. The lowest BCUT2D eigenvalue weighted by Crippen LogP contribution is -2.31. The van der Waals surface area contributed by atoms with Crippen LogP contribution in [0.25, 0.3) is 0 Å². The van der Waals surface area contributed by atoms with E-state index in [0.717, 1.165) is 24.3 Å². The van der Waals surface area contributed by atoms with Crippen molar-refractivity contribution >= 4 is 29.2 Å². The number of anilines is 1. The molecule has 0 unspecified atom stereocenters. The van der Waals surface area contributed by atoms with Crippen LogP contribution in [-0.2, 0) is 10.5 Å². The minimum Gasteiger partial charge on any atom is -0.328 e. The van der Waals surface area contributed by atoms with Crippen LogP contribution in [0.4, 0.5) is 11.6 Å². The van der Waals surface area contributed by atoms with Gasteiger partial charge in [-0.2, -0.15) is 4.98 Å². The number of aryl methyl sites for hydroxylation is 2. The zero-order valence-corrected chi connectivity index (χ0v) is 19.2. The SMILES string of the molecule is Cc1ccc(CSc2nc3n(n2)[C@H](c2cccc([N+](=O)[O-])c2)C2=C(CCCC2=O)N3)c(C)c1. The van der Waals surface area contributed by atoms with E-state index >= 15 is 0 Å². The third-order valence-electron chi connectivity index (χ3n) is 6.10. The number of carbonyl (C=O) groups is 1. The molecule has 3 aromatic rings. The first-order chi connectivity index (χ1) is 15.9. The molecule has 1 N–H and O–H groups in total. The summed E-state index contributed by atoms with van der Waals surface area (Å²) in [5, 5.41) is 20.0. The van der Waals surface area contributed by atoms with Crippen LogP contribution in [0.3, 0.4) is 0 Å². The lowest BCUT2D eigenvalue weighted by Gasteiger charge is -2.32. The summed E-state index contributed by atoms with van der Waals surface area (Å²) in [4.78, 5) is 28.6. The number of benzene rings is 2. The van der Waals surface area contributed by atoms with Crippen LogP contribution in [0.15, 0.2) is 58.9 Å². The third kappa shape index (κ3) is 4.04. The number of rotatable bonds is 5. The summed E-state index contributed by atoms with van der Waals surface area (Å²) in [6.07, 6.45) is 1.98. The monoisotopic (exact) mass is 461 g/mol. The van der Waals surface area contributed by atoms with Crippen LogP contribution in [0.2, 0.25) is 0 Å². The molecule has 33 heavy (non-hydrogen) atoms. The fourth-order valence-corrected chi connectivity index (χ4v) is 5.37. The number of aromatic nitrogens is 3. The second-order valence-electron chi connectivity index (χ2n) is 8.43. The third-order valence-corrected chi connectivity index (χ3v) is 6.99. The second kappa shape index (κ2) is 8.47. The molecule has 5 rings (SSSR count). The summed E-state index contributed by atoms with van der Waals surface area (Å²) in [6, 6.07) is 12.3. The highest BCUT2D eigenvalue weighted by atomic mass is 32.2. The van der Waals surface area contributed by atoms with E-state index in [0.29, 0.717) is 28.7 Å². The van der Waals surface area contributed by atoms with Gasteiger partial charge in [-0.25, -0.2) is 4.68 Å². The maximum Gasteiger partial charge on any atom is 0.269 e. The Balaban J connectivity index is 1.52. The highest BCUT2D eigenvalue weighted by molar-refractivity contribution is 7.98. The molecule has 9 heteroatoms. The van der Waals surface area contributed by atoms with Crippen LogP contribution < -0.4 is 5.32 Å². The van der Waals surface area contributed by atoms with E-state index < -0.39 is 11.0 Å². The molecule has 1 atom stereocenters. The van der Waals surface area contributed by atoms with Crippen molar-refractivity contribution in [3.05, 3.63) is 86.1 Å². The standard InChI is InChI=1S/C24H23N5O3S/c1-14-9-10-17(15(2)11-14)13-33-24-26-23-25-19-7-4-8-20(30)21(19)22(28(23)27-24)16-5-3-6-18(12-16)29(31)32/h3,5-6,9-12,22H,4,7-8,13H2,1-2H3,(H,25,26,27)/t22-/m1/s1. The van der Waals surface area contributed by atoms with Crippen LogP contribution in [0.5, 0.6) is 0 Å². The summed E-state index contributed by atoms with van der Waals surface area (Å²) < 4.78 is 1.70. The highest BCUT2D eigenvalue weighted by Gasteiger charge is 2.37. The fourth-order valence-electron chi connectivity index (χ4n) is 4.46. The van der Waals surface area contributed by atoms with Gasteiger partial charge in [0.1, 0.15) is 6.04 Å². The summed E-state index contributed by atoms with van der Waals surface area (Å²) in [5.41, 5.74) is 5.78. The topological polar surface area (TPSA) is 103 Å². The van der Waals surface area contributed by atoms with Gasteiger partial charge in [-0.15, -0.1) is 5.10 Å². The number of hydrogen-bond donors (Lipinski definition) is 1. The number of thioether (sulfide) groups is 1. The zero-order chi connectivity index (χ0) is 23.1. The molecule has 168 valence electrons. The Morgan fingerprint density at radius 2 is 2.06 bits per heavy atom. The Kier molecular flexibility index (Phi) is 5.49. The number of allylic oxidation sites excluding steroid dienone is 2. The minimum atomic E-state index is -0.535. The number of fused-ring (bicyclic) bond motifs is 1. The van der Waals surface area contributed by atoms with E-state index in [1.54, 1.807) is 10.7 Å². The van der Waals surface area contributed by atoms with Gasteiger partial charge in [-0.1, -0.05) is 47.7 Å². The Morgan fingerprint density at radius 3 is 2.85 bits per heavy atom. The Bertz CT molecular complexity index is 1310. The average molecular weight is 462 g/mol. The van der Waals surface area contributed by atoms with E-state index in [-0.39, 0.29) is 11.5 Å². The van der Waals surface area contributed by atoms with Crippen molar-refractivity contribution < 1.29 is 9.72 Å². The first-order valence-corrected chi connectivity index (χ1v) is 11.8. The Morgan fingerprint density at radius 1 is 1.21 bits per heavy atom. The maximum atomic E-state index is 12.9. The van der Waals surface area contributed by atoms with E-state index in [4.69, 9.17) is 5.10 Å². The lowest BCUT2D eigenvalue weighted by molar-refractivity contribution is -0.384. The number of carbonyl (C=O) groups excluding carboxylic acids is 1. The van der Waals surface area contributed by atoms with Crippen molar-refractivity contribution in [3.63, 3.8) is 0 Å². The molecule has 0 saturated heterocycles.